The largest absolute Gasteiger partial charge is 0.484 e. The third kappa shape index (κ3) is 4.13. The molecule has 2 rings (SSSR count). The highest BCUT2D eigenvalue weighted by Gasteiger charge is 2.29. The number of primary amides is 1. The Kier molecular flexibility index (Phi) is 4.63. The predicted octanol–water partition coefficient (Wildman–Crippen LogP) is 1.53. The van der Waals surface area contributed by atoms with Gasteiger partial charge in [-0.05, 0) is 31.9 Å². The van der Waals surface area contributed by atoms with Gasteiger partial charge in [-0.2, -0.15) is 0 Å². The van der Waals surface area contributed by atoms with Crippen molar-refractivity contribution in [2.24, 2.45) is 5.73 Å². The highest BCUT2D eigenvalue weighted by molar-refractivity contribution is 5.75. The fraction of sp³-hybridized carbons (Fsp3) is 0.500. The minimum absolute atomic E-state index is 0.0979. The Bertz CT molecular complexity index is 430. The predicted molar refractivity (Wildman–Crippen MR) is 73.2 cm³/mol. The van der Waals surface area contributed by atoms with E-state index in [4.69, 9.17) is 15.2 Å². The molecule has 0 atom stereocenters. The Hall–Kier alpha value is -1.75. The SMILES string of the molecule is CCOC1CC(Nc2cccc(OCC(N)=O)c2)C1. The Balaban J connectivity index is 1.81. The molecule has 0 aromatic heterocycles. The van der Waals surface area contributed by atoms with E-state index < -0.39 is 5.91 Å². The molecule has 1 aromatic rings. The van der Waals surface area contributed by atoms with Gasteiger partial charge in [0.1, 0.15) is 5.75 Å². The number of amides is 1. The van der Waals surface area contributed by atoms with Gasteiger partial charge in [-0.15, -0.1) is 0 Å². The standard InChI is InChI=1S/C14H20N2O3/c1-2-18-13-7-11(8-13)16-10-4-3-5-12(6-10)19-9-14(15)17/h3-6,11,13,16H,2,7-9H2,1H3,(H2,15,17). The zero-order valence-corrected chi connectivity index (χ0v) is 11.1. The Morgan fingerprint density at radius 3 is 2.95 bits per heavy atom. The van der Waals surface area contributed by atoms with Gasteiger partial charge in [-0.3, -0.25) is 4.79 Å². The molecular weight excluding hydrogens is 244 g/mol. The molecule has 0 spiro atoms. The molecule has 1 saturated carbocycles. The molecule has 0 aliphatic heterocycles. The van der Waals surface area contributed by atoms with E-state index in [1.54, 1.807) is 6.07 Å². The molecule has 5 heteroatoms. The summed E-state index contributed by atoms with van der Waals surface area (Å²) in [5.74, 6) is 0.168. The van der Waals surface area contributed by atoms with Gasteiger partial charge in [0.25, 0.3) is 5.91 Å². The first-order valence-corrected chi connectivity index (χ1v) is 6.56. The van der Waals surface area contributed by atoms with E-state index in [0.717, 1.165) is 25.1 Å². The number of anilines is 1. The molecule has 1 aliphatic carbocycles. The van der Waals surface area contributed by atoms with Gasteiger partial charge >= 0.3 is 0 Å². The highest BCUT2D eigenvalue weighted by atomic mass is 16.5. The molecule has 3 N–H and O–H groups in total. The summed E-state index contributed by atoms with van der Waals surface area (Å²) in [5, 5.41) is 3.42. The number of hydrogen-bond acceptors (Lipinski definition) is 4. The lowest BCUT2D eigenvalue weighted by molar-refractivity contribution is -0.119. The van der Waals surface area contributed by atoms with Gasteiger partial charge in [-0.1, -0.05) is 6.07 Å². The van der Waals surface area contributed by atoms with Crippen molar-refractivity contribution in [2.75, 3.05) is 18.5 Å². The highest BCUT2D eigenvalue weighted by Crippen LogP contribution is 2.28. The Morgan fingerprint density at radius 1 is 1.47 bits per heavy atom. The summed E-state index contributed by atoms with van der Waals surface area (Å²) in [6, 6.07) is 7.99. The second-order valence-corrected chi connectivity index (χ2v) is 4.67. The molecule has 1 amide bonds. The van der Waals surface area contributed by atoms with Gasteiger partial charge in [0, 0.05) is 24.4 Å². The molecule has 19 heavy (non-hydrogen) atoms. The molecular formula is C14H20N2O3. The summed E-state index contributed by atoms with van der Waals surface area (Å²) in [4.78, 5) is 10.7. The third-order valence-electron chi connectivity index (χ3n) is 3.08. The molecule has 0 heterocycles. The lowest BCUT2D eigenvalue weighted by Gasteiger charge is -2.36. The van der Waals surface area contributed by atoms with Crippen molar-refractivity contribution < 1.29 is 14.3 Å². The maximum Gasteiger partial charge on any atom is 0.255 e. The fourth-order valence-corrected chi connectivity index (χ4v) is 2.12. The van der Waals surface area contributed by atoms with Crippen LogP contribution < -0.4 is 15.8 Å². The molecule has 104 valence electrons. The number of carbonyl (C=O) groups is 1. The third-order valence-corrected chi connectivity index (χ3v) is 3.08. The Morgan fingerprint density at radius 2 is 2.26 bits per heavy atom. The van der Waals surface area contributed by atoms with Crippen molar-refractivity contribution >= 4 is 11.6 Å². The maximum atomic E-state index is 10.7. The van der Waals surface area contributed by atoms with Crippen LogP contribution in [0.15, 0.2) is 24.3 Å². The number of nitrogens with two attached hydrogens (primary N) is 1. The van der Waals surface area contributed by atoms with Crippen LogP contribution in [0.3, 0.4) is 0 Å². The average Bonchev–Trinajstić information content (AvgIpc) is 2.34. The van der Waals surface area contributed by atoms with E-state index in [0.29, 0.717) is 17.9 Å². The van der Waals surface area contributed by atoms with Crippen molar-refractivity contribution in [3.63, 3.8) is 0 Å². The van der Waals surface area contributed by atoms with E-state index in [1.165, 1.54) is 0 Å². The Labute approximate surface area is 113 Å². The molecule has 0 unspecified atom stereocenters. The van der Waals surface area contributed by atoms with E-state index in [1.807, 2.05) is 25.1 Å². The maximum absolute atomic E-state index is 10.7. The van der Waals surface area contributed by atoms with Crippen LogP contribution in [0.4, 0.5) is 5.69 Å². The van der Waals surface area contributed by atoms with Crippen LogP contribution in [-0.4, -0.2) is 31.3 Å². The van der Waals surface area contributed by atoms with Gasteiger partial charge in [0.05, 0.1) is 6.10 Å². The van der Waals surface area contributed by atoms with Gasteiger partial charge in [0.2, 0.25) is 0 Å². The molecule has 1 aromatic carbocycles. The molecule has 5 nitrogen and oxygen atoms in total. The molecule has 0 saturated heterocycles. The smallest absolute Gasteiger partial charge is 0.255 e. The second kappa shape index (κ2) is 6.43. The lowest BCUT2D eigenvalue weighted by Crippen LogP contribution is -2.40. The first-order chi connectivity index (χ1) is 9.17. The summed E-state index contributed by atoms with van der Waals surface area (Å²) in [6.07, 6.45) is 2.44. The van der Waals surface area contributed by atoms with Crippen molar-refractivity contribution in [1.29, 1.82) is 0 Å². The lowest BCUT2D eigenvalue weighted by atomic mass is 9.89. The van der Waals surface area contributed by atoms with Gasteiger partial charge < -0.3 is 20.5 Å². The van der Waals surface area contributed by atoms with Crippen molar-refractivity contribution in [3.8, 4) is 5.75 Å². The van der Waals surface area contributed by atoms with Crippen LogP contribution in [0, 0.1) is 0 Å². The van der Waals surface area contributed by atoms with E-state index in [9.17, 15) is 4.79 Å². The number of benzene rings is 1. The monoisotopic (exact) mass is 264 g/mol. The summed E-state index contributed by atoms with van der Waals surface area (Å²) in [5.41, 5.74) is 6.03. The zero-order chi connectivity index (χ0) is 13.7. The van der Waals surface area contributed by atoms with E-state index in [-0.39, 0.29) is 6.61 Å². The zero-order valence-electron chi connectivity index (χ0n) is 11.1. The van der Waals surface area contributed by atoms with Crippen molar-refractivity contribution in [2.45, 2.75) is 31.9 Å². The summed E-state index contributed by atoms with van der Waals surface area (Å²) < 4.78 is 10.8. The van der Waals surface area contributed by atoms with Crippen LogP contribution in [0.5, 0.6) is 5.75 Å². The normalized spacial score (nSPS) is 21.5. The summed E-state index contributed by atoms with van der Waals surface area (Å²) in [7, 11) is 0. The van der Waals surface area contributed by atoms with Crippen molar-refractivity contribution in [3.05, 3.63) is 24.3 Å². The number of carbonyl (C=O) groups excluding carboxylic acids is 1. The van der Waals surface area contributed by atoms with E-state index >= 15 is 0 Å². The second-order valence-electron chi connectivity index (χ2n) is 4.67. The quantitative estimate of drug-likeness (QED) is 0.783. The first-order valence-electron chi connectivity index (χ1n) is 6.56. The van der Waals surface area contributed by atoms with Crippen LogP contribution in [-0.2, 0) is 9.53 Å². The topological polar surface area (TPSA) is 73.6 Å². The fourth-order valence-electron chi connectivity index (χ4n) is 2.12. The number of rotatable bonds is 7. The van der Waals surface area contributed by atoms with E-state index in [2.05, 4.69) is 5.32 Å². The molecule has 1 aliphatic rings. The summed E-state index contributed by atoms with van der Waals surface area (Å²) in [6.45, 7) is 2.69. The molecule has 0 bridgehead atoms. The van der Waals surface area contributed by atoms with Gasteiger partial charge in [-0.25, -0.2) is 0 Å². The average molecular weight is 264 g/mol. The van der Waals surface area contributed by atoms with Crippen molar-refractivity contribution in [1.82, 2.24) is 0 Å². The van der Waals surface area contributed by atoms with Gasteiger partial charge in [0.15, 0.2) is 6.61 Å². The summed E-state index contributed by atoms with van der Waals surface area (Å²) >= 11 is 0. The minimum Gasteiger partial charge on any atom is -0.484 e. The van der Waals surface area contributed by atoms with Crippen LogP contribution >= 0.6 is 0 Å². The van der Waals surface area contributed by atoms with Crippen LogP contribution in [0.25, 0.3) is 0 Å². The number of nitrogens with one attached hydrogen (secondary N) is 1. The van der Waals surface area contributed by atoms with Crippen LogP contribution in [0.1, 0.15) is 19.8 Å². The number of ether oxygens (including phenoxy) is 2. The first kappa shape index (κ1) is 13.7. The number of hydrogen-bond donors (Lipinski definition) is 2. The molecule has 0 radical (unpaired) electrons. The molecule has 1 fully saturated rings. The van der Waals surface area contributed by atoms with Crippen LogP contribution in [0.2, 0.25) is 0 Å². The minimum atomic E-state index is -0.475.